The van der Waals surface area contributed by atoms with Gasteiger partial charge in [-0.3, -0.25) is 14.9 Å². The van der Waals surface area contributed by atoms with Crippen LogP contribution in [0.3, 0.4) is 0 Å². The smallest absolute Gasteiger partial charge is 0.340 e. The summed E-state index contributed by atoms with van der Waals surface area (Å²) < 4.78 is 4.93. The number of carbonyl (C=O) groups excluding carboxylic acids is 2. The molecular weight excluding hydrogens is 328 g/mol. The van der Waals surface area contributed by atoms with Crippen LogP contribution < -0.4 is 5.32 Å². The predicted octanol–water partition coefficient (Wildman–Crippen LogP) is 2.20. The summed E-state index contributed by atoms with van der Waals surface area (Å²) in [6.45, 7) is 1.31. The minimum absolute atomic E-state index is 0.0102. The standard InChI is InChI=1S/C17H16N2O6/c1-11(25-17(22)15(20)12-7-3-2-4-8-12)16(21)18-13-9-5-6-10-14(13)19(23)24/h2-11,15,20H,1H3,(H,18,21)/t11-,15-/m1/s1. The van der Waals surface area contributed by atoms with E-state index in [1.807, 2.05) is 0 Å². The normalized spacial score (nSPS) is 12.7. The Morgan fingerprint density at radius 3 is 2.36 bits per heavy atom. The van der Waals surface area contributed by atoms with Gasteiger partial charge in [0.25, 0.3) is 11.6 Å². The number of amides is 1. The van der Waals surface area contributed by atoms with Gasteiger partial charge in [-0.15, -0.1) is 0 Å². The van der Waals surface area contributed by atoms with E-state index in [0.717, 1.165) is 0 Å². The monoisotopic (exact) mass is 344 g/mol. The molecule has 8 heteroatoms. The van der Waals surface area contributed by atoms with Crippen molar-refractivity contribution in [1.82, 2.24) is 0 Å². The summed E-state index contributed by atoms with van der Waals surface area (Å²) in [7, 11) is 0. The SMILES string of the molecule is C[C@@H](OC(=O)[C@H](O)c1ccccc1)C(=O)Nc1ccccc1[N+](=O)[O-]. The summed E-state index contributed by atoms with van der Waals surface area (Å²) in [6, 6.07) is 13.7. The summed E-state index contributed by atoms with van der Waals surface area (Å²) in [5.41, 5.74) is 0.0431. The molecular formula is C17H16N2O6. The molecule has 2 N–H and O–H groups in total. The largest absolute Gasteiger partial charge is 0.450 e. The molecule has 25 heavy (non-hydrogen) atoms. The van der Waals surface area contributed by atoms with Gasteiger partial charge in [0.15, 0.2) is 12.2 Å². The average molecular weight is 344 g/mol. The number of esters is 1. The second-order valence-corrected chi connectivity index (χ2v) is 5.16. The first-order valence-corrected chi connectivity index (χ1v) is 7.38. The fourth-order valence-corrected chi connectivity index (χ4v) is 2.04. The fraction of sp³-hybridized carbons (Fsp3) is 0.176. The number of nitrogens with zero attached hydrogens (tertiary/aromatic N) is 1. The Bertz CT molecular complexity index is 778. The molecule has 2 aromatic rings. The third-order valence-electron chi connectivity index (χ3n) is 3.36. The lowest BCUT2D eigenvalue weighted by atomic mass is 10.1. The summed E-state index contributed by atoms with van der Waals surface area (Å²) in [6.07, 6.45) is -2.77. The second kappa shape index (κ2) is 8.02. The number of aliphatic hydroxyl groups excluding tert-OH is 1. The average Bonchev–Trinajstić information content (AvgIpc) is 2.61. The van der Waals surface area contributed by atoms with Crippen molar-refractivity contribution in [2.24, 2.45) is 0 Å². The third kappa shape index (κ3) is 4.61. The summed E-state index contributed by atoms with van der Waals surface area (Å²) >= 11 is 0. The number of hydrogen-bond donors (Lipinski definition) is 2. The highest BCUT2D eigenvalue weighted by molar-refractivity contribution is 5.97. The molecule has 0 aromatic heterocycles. The quantitative estimate of drug-likeness (QED) is 0.471. The molecule has 0 aliphatic carbocycles. The van der Waals surface area contributed by atoms with Crippen LogP contribution in [-0.4, -0.2) is 28.0 Å². The van der Waals surface area contributed by atoms with Gasteiger partial charge < -0.3 is 15.2 Å². The van der Waals surface area contributed by atoms with Crippen molar-refractivity contribution >= 4 is 23.3 Å². The summed E-state index contributed by atoms with van der Waals surface area (Å²) in [5, 5.41) is 23.2. The lowest BCUT2D eigenvalue weighted by Crippen LogP contribution is -2.32. The number of nitro benzene ring substituents is 1. The van der Waals surface area contributed by atoms with Crippen LogP contribution in [0.2, 0.25) is 0 Å². The van der Waals surface area contributed by atoms with E-state index < -0.39 is 29.0 Å². The summed E-state index contributed by atoms with van der Waals surface area (Å²) in [4.78, 5) is 34.3. The highest BCUT2D eigenvalue weighted by Crippen LogP contribution is 2.23. The minimum Gasteiger partial charge on any atom is -0.450 e. The number of ether oxygens (including phenoxy) is 1. The Balaban J connectivity index is 2.01. The topological polar surface area (TPSA) is 119 Å². The Hall–Kier alpha value is -3.26. The molecule has 2 rings (SSSR count). The first kappa shape index (κ1) is 18.1. The van der Waals surface area contributed by atoms with E-state index in [1.54, 1.807) is 30.3 Å². The van der Waals surface area contributed by atoms with E-state index in [0.29, 0.717) is 5.56 Å². The molecule has 0 spiro atoms. The van der Waals surface area contributed by atoms with E-state index in [4.69, 9.17) is 4.74 Å². The molecule has 0 bridgehead atoms. The van der Waals surface area contributed by atoms with Gasteiger partial charge in [0.05, 0.1) is 4.92 Å². The highest BCUT2D eigenvalue weighted by atomic mass is 16.6. The molecule has 0 heterocycles. The Labute approximate surface area is 143 Å². The Kier molecular flexibility index (Phi) is 5.80. The van der Waals surface area contributed by atoms with Crippen LogP contribution in [0.15, 0.2) is 54.6 Å². The Morgan fingerprint density at radius 2 is 1.72 bits per heavy atom. The van der Waals surface area contributed by atoms with Crippen LogP contribution in [0.4, 0.5) is 11.4 Å². The van der Waals surface area contributed by atoms with Crippen molar-refractivity contribution in [3.8, 4) is 0 Å². The molecule has 2 aromatic carbocycles. The van der Waals surface area contributed by atoms with Gasteiger partial charge in [0, 0.05) is 6.07 Å². The van der Waals surface area contributed by atoms with Gasteiger partial charge in [0.1, 0.15) is 5.69 Å². The van der Waals surface area contributed by atoms with Gasteiger partial charge in [-0.1, -0.05) is 42.5 Å². The molecule has 0 saturated heterocycles. The maximum atomic E-state index is 12.1. The number of para-hydroxylation sites is 2. The molecule has 0 aliphatic rings. The fourth-order valence-electron chi connectivity index (χ4n) is 2.04. The first-order valence-electron chi connectivity index (χ1n) is 7.38. The van der Waals surface area contributed by atoms with E-state index in [-0.39, 0.29) is 11.4 Å². The van der Waals surface area contributed by atoms with Crippen molar-refractivity contribution in [2.75, 3.05) is 5.32 Å². The second-order valence-electron chi connectivity index (χ2n) is 5.16. The highest BCUT2D eigenvalue weighted by Gasteiger charge is 2.25. The zero-order valence-corrected chi connectivity index (χ0v) is 13.3. The number of nitro groups is 1. The van der Waals surface area contributed by atoms with Gasteiger partial charge in [-0.05, 0) is 18.6 Å². The number of anilines is 1. The van der Waals surface area contributed by atoms with Crippen LogP contribution in [0.1, 0.15) is 18.6 Å². The van der Waals surface area contributed by atoms with Crippen molar-refractivity contribution in [3.05, 3.63) is 70.3 Å². The summed E-state index contributed by atoms with van der Waals surface area (Å²) in [5.74, 6) is -1.74. The van der Waals surface area contributed by atoms with Crippen molar-refractivity contribution in [1.29, 1.82) is 0 Å². The lowest BCUT2D eigenvalue weighted by Gasteiger charge is -2.16. The van der Waals surface area contributed by atoms with Crippen LogP contribution in [-0.2, 0) is 14.3 Å². The molecule has 0 unspecified atom stereocenters. The van der Waals surface area contributed by atoms with Crippen LogP contribution in [0.5, 0.6) is 0 Å². The van der Waals surface area contributed by atoms with Crippen LogP contribution >= 0.6 is 0 Å². The van der Waals surface area contributed by atoms with E-state index in [9.17, 15) is 24.8 Å². The van der Waals surface area contributed by atoms with Gasteiger partial charge in [-0.25, -0.2) is 4.79 Å². The van der Waals surface area contributed by atoms with Crippen molar-refractivity contribution in [3.63, 3.8) is 0 Å². The molecule has 130 valence electrons. The number of aliphatic hydroxyl groups is 1. The molecule has 8 nitrogen and oxygen atoms in total. The molecule has 0 aliphatic heterocycles. The number of benzene rings is 2. The maximum Gasteiger partial charge on any atom is 0.340 e. The molecule has 0 radical (unpaired) electrons. The predicted molar refractivity (Wildman–Crippen MR) is 88.7 cm³/mol. The van der Waals surface area contributed by atoms with Crippen LogP contribution in [0.25, 0.3) is 0 Å². The number of nitrogens with one attached hydrogen (secondary N) is 1. The van der Waals surface area contributed by atoms with E-state index in [1.165, 1.54) is 31.2 Å². The zero-order valence-electron chi connectivity index (χ0n) is 13.3. The van der Waals surface area contributed by atoms with Crippen molar-refractivity contribution < 1.29 is 24.4 Å². The lowest BCUT2D eigenvalue weighted by molar-refractivity contribution is -0.383. The maximum absolute atomic E-state index is 12.1. The minimum atomic E-state index is -1.53. The first-order chi connectivity index (χ1) is 11.9. The van der Waals surface area contributed by atoms with Gasteiger partial charge in [0.2, 0.25) is 0 Å². The molecule has 2 atom stereocenters. The van der Waals surface area contributed by atoms with E-state index in [2.05, 4.69) is 5.32 Å². The Morgan fingerprint density at radius 1 is 1.12 bits per heavy atom. The number of rotatable bonds is 6. The molecule has 0 saturated carbocycles. The van der Waals surface area contributed by atoms with Gasteiger partial charge >= 0.3 is 5.97 Å². The van der Waals surface area contributed by atoms with E-state index >= 15 is 0 Å². The molecule has 0 fully saturated rings. The third-order valence-corrected chi connectivity index (χ3v) is 3.36. The molecule has 1 amide bonds. The van der Waals surface area contributed by atoms with Gasteiger partial charge in [-0.2, -0.15) is 0 Å². The van der Waals surface area contributed by atoms with Crippen molar-refractivity contribution in [2.45, 2.75) is 19.1 Å². The zero-order chi connectivity index (χ0) is 18.4. The van der Waals surface area contributed by atoms with Crippen LogP contribution in [0, 0.1) is 10.1 Å². The number of carbonyl (C=O) groups is 2. The number of hydrogen-bond acceptors (Lipinski definition) is 6.